The minimum atomic E-state index is -0.333. The largest absolute Gasteiger partial charge is 0.342 e. The van der Waals surface area contributed by atoms with Gasteiger partial charge in [0.15, 0.2) is 0 Å². The van der Waals surface area contributed by atoms with Crippen LogP contribution in [0.15, 0.2) is 12.1 Å². The van der Waals surface area contributed by atoms with Crippen molar-refractivity contribution in [3.05, 3.63) is 28.5 Å². The first kappa shape index (κ1) is 8.53. The highest BCUT2D eigenvalue weighted by atomic mass is 35.5. The first-order chi connectivity index (χ1) is 6.22. The molecule has 1 aromatic carbocycles. The first-order valence-electron chi connectivity index (χ1n) is 3.94. The smallest absolute Gasteiger partial charge is 0.111 e. The van der Waals surface area contributed by atoms with Crippen LogP contribution < -0.4 is 0 Å². The third-order valence-electron chi connectivity index (χ3n) is 1.97. The van der Waals surface area contributed by atoms with E-state index < -0.39 is 0 Å². The van der Waals surface area contributed by atoms with Crippen molar-refractivity contribution in [2.45, 2.75) is 13.5 Å². The van der Waals surface area contributed by atoms with Gasteiger partial charge in [-0.05, 0) is 19.1 Å². The summed E-state index contributed by atoms with van der Waals surface area (Å²) < 4.78 is 0. The second kappa shape index (κ2) is 3.01. The SMILES string of the molecule is Cc1nc2c(C[O])c(Cl)ccc2[nH]1. The van der Waals surface area contributed by atoms with Crippen molar-refractivity contribution in [2.75, 3.05) is 0 Å². The molecule has 0 aliphatic rings. The third kappa shape index (κ3) is 1.30. The fraction of sp³-hybridized carbons (Fsp3) is 0.222. The zero-order chi connectivity index (χ0) is 9.42. The van der Waals surface area contributed by atoms with Crippen LogP contribution >= 0.6 is 11.6 Å². The molecule has 0 atom stereocenters. The van der Waals surface area contributed by atoms with Crippen molar-refractivity contribution < 1.29 is 5.11 Å². The van der Waals surface area contributed by atoms with Crippen LogP contribution in [0.4, 0.5) is 0 Å². The van der Waals surface area contributed by atoms with Crippen LogP contribution in [0.3, 0.4) is 0 Å². The molecule has 1 N–H and O–H groups in total. The Morgan fingerprint density at radius 2 is 2.31 bits per heavy atom. The number of nitrogens with one attached hydrogen (secondary N) is 1. The molecule has 3 nitrogen and oxygen atoms in total. The molecule has 0 aliphatic heterocycles. The van der Waals surface area contributed by atoms with E-state index in [1.54, 1.807) is 6.07 Å². The van der Waals surface area contributed by atoms with E-state index in [9.17, 15) is 5.11 Å². The summed E-state index contributed by atoms with van der Waals surface area (Å²) in [5.74, 6) is 0.798. The molecule has 1 heterocycles. The van der Waals surface area contributed by atoms with Crippen molar-refractivity contribution in [3.63, 3.8) is 0 Å². The van der Waals surface area contributed by atoms with Crippen molar-refractivity contribution in [3.8, 4) is 0 Å². The number of imidazole rings is 1. The van der Waals surface area contributed by atoms with E-state index >= 15 is 0 Å². The topological polar surface area (TPSA) is 48.6 Å². The highest BCUT2D eigenvalue weighted by molar-refractivity contribution is 6.32. The minimum Gasteiger partial charge on any atom is -0.342 e. The molecular weight excluding hydrogens is 188 g/mol. The fourth-order valence-corrected chi connectivity index (χ4v) is 1.58. The first-order valence-corrected chi connectivity index (χ1v) is 4.32. The number of fused-ring (bicyclic) bond motifs is 1. The lowest BCUT2D eigenvalue weighted by Gasteiger charge is -1.98. The monoisotopic (exact) mass is 195 g/mol. The predicted molar refractivity (Wildman–Crippen MR) is 50.2 cm³/mol. The molecule has 13 heavy (non-hydrogen) atoms. The molecule has 2 aromatic rings. The molecule has 2 rings (SSSR count). The Morgan fingerprint density at radius 3 is 3.00 bits per heavy atom. The molecular formula is C9H8ClN2O. The van der Waals surface area contributed by atoms with Crippen LogP contribution in [0.25, 0.3) is 11.0 Å². The molecule has 67 valence electrons. The van der Waals surface area contributed by atoms with Gasteiger partial charge in [0.2, 0.25) is 0 Å². The van der Waals surface area contributed by atoms with Crippen molar-refractivity contribution >= 4 is 22.6 Å². The number of benzene rings is 1. The van der Waals surface area contributed by atoms with E-state index in [-0.39, 0.29) is 6.61 Å². The zero-order valence-electron chi connectivity index (χ0n) is 7.10. The highest BCUT2D eigenvalue weighted by Gasteiger charge is 2.08. The van der Waals surface area contributed by atoms with E-state index in [0.717, 1.165) is 11.3 Å². The van der Waals surface area contributed by atoms with Gasteiger partial charge in [-0.3, -0.25) is 0 Å². The standard InChI is InChI=1S/C9H8ClN2O/c1-5-11-8-3-2-7(10)6(4-13)9(8)12-5/h2-3H,4H2,1H3,(H,11,12). The molecule has 1 aromatic heterocycles. The summed E-state index contributed by atoms with van der Waals surface area (Å²) in [4.78, 5) is 7.26. The number of hydrogen-bond donors (Lipinski definition) is 1. The van der Waals surface area contributed by atoms with E-state index in [4.69, 9.17) is 11.6 Å². The van der Waals surface area contributed by atoms with Crippen molar-refractivity contribution in [1.29, 1.82) is 0 Å². The van der Waals surface area contributed by atoms with E-state index in [1.165, 1.54) is 0 Å². The maximum Gasteiger partial charge on any atom is 0.111 e. The Balaban J connectivity index is 2.82. The molecule has 0 saturated heterocycles. The molecule has 0 saturated carbocycles. The van der Waals surface area contributed by atoms with Gasteiger partial charge >= 0.3 is 0 Å². The molecule has 0 unspecified atom stereocenters. The molecule has 1 radical (unpaired) electrons. The minimum absolute atomic E-state index is 0.333. The Labute approximate surface area is 80.4 Å². The molecule has 0 fully saturated rings. The number of aromatic nitrogens is 2. The highest BCUT2D eigenvalue weighted by Crippen LogP contribution is 2.24. The summed E-state index contributed by atoms with van der Waals surface area (Å²) in [7, 11) is 0. The number of rotatable bonds is 1. The molecule has 0 spiro atoms. The fourth-order valence-electron chi connectivity index (χ4n) is 1.37. The third-order valence-corrected chi connectivity index (χ3v) is 2.32. The molecule has 0 aliphatic carbocycles. The number of H-pyrrole nitrogens is 1. The Bertz CT molecular complexity index is 450. The van der Waals surface area contributed by atoms with Crippen LogP contribution in [-0.4, -0.2) is 9.97 Å². The predicted octanol–water partition coefficient (Wildman–Crippen LogP) is 2.46. The second-order valence-corrected chi connectivity index (χ2v) is 3.30. The van der Waals surface area contributed by atoms with E-state index in [0.29, 0.717) is 16.1 Å². The van der Waals surface area contributed by atoms with E-state index in [1.807, 2.05) is 13.0 Å². The van der Waals surface area contributed by atoms with Gasteiger partial charge in [-0.15, -0.1) is 0 Å². The van der Waals surface area contributed by atoms with Gasteiger partial charge in [-0.1, -0.05) is 11.6 Å². The van der Waals surface area contributed by atoms with Crippen LogP contribution in [0, 0.1) is 6.92 Å². The summed E-state index contributed by atoms with van der Waals surface area (Å²) in [5.41, 5.74) is 2.14. The van der Waals surface area contributed by atoms with Crippen LogP contribution in [0.1, 0.15) is 11.4 Å². The normalized spacial score (nSPS) is 11.0. The summed E-state index contributed by atoms with van der Waals surface area (Å²) >= 11 is 5.86. The maximum atomic E-state index is 10.8. The van der Waals surface area contributed by atoms with Gasteiger partial charge < -0.3 is 4.98 Å². The summed E-state index contributed by atoms with van der Waals surface area (Å²) in [6, 6.07) is 3.55. The average molecular weight is 196 g/mol. The summed E-state index contributed by atoms with van der Waals surface area (Å²) in [6.45, 7) is 1.52. The maximum absolute atomic E-state index is 10.8. The van der Waals surface area contributed by atoms with E-state index in [2.05, 4.69) is 9.97 Å². The lowest BCUT2D eigenvalue weighted by atomic mass is 10.2. The van der Waals surface area contributed by atoms with Gasteiger partial charge in [0.25, 0.3) is 0 Å². The van der Waals surface area contributed by atoms with Crippen LogP contribution in [0.5, 0.6) is 0 Å². The Hall–Kier alpha value is -1.06. The lowest BCUT2D eigenvalue weighted by Crippen LogP contribution is -1.85. The number of aryl methyl sites for hydroxylation is 1. The molecule has 0 bridgehead atoms. The van der Waals surface area contributed by atoms with Gasteiger partial charge in [0.05, 0.1) is 11.0 Å². The molecule has 4 heteroatoms. The number of nitrogens with zero attached hydrogens (tertiary/aromatic N) is 1. The second-order valence-electron chi connectivity index (χ2n) is 2.89. The Kier molecular flexibility index (Phi) is 1.98. The van der Waals surface area contributed by atoms with Crippen LogP contribution in [0.2, 0.25) is 5.02 Å². The van der Waals surface area contributed by atoms with Crippen molar-refractivity contribution in [1.82, 2.24) is 9.97 Å². The average Bonchev–Trinajstić information content (AvgIpc) is 2.45. The summed E-state index contributed by atoms with van der Waals surface area (Å²) in [6.07, 6.45) is 0. The van der Waals surface area contributed by atoms with Crippen molar-refractivity contribution in [2.24, 2.45) is 0 Å². The number of aromatic amines is 1. The van der Waals surface area contributed by atoms with Gasteiger partial charge in [0.1, 0.15) is 12.4 Å². The van der Waals surface area contributed by atoms with Gasteiger partial charge in [-0.25, -0.2) is 10.1 Å². The summed E-state index contributed by atoms with van der Waals surface area (Å²) in [5, 5.41) is 11.3. The quantitative estimate of drug-likeness (QED) is 0.747. The number of halogens is 1. The van der Waals surface area contributed by atoms with Gasteiger partial charge in [-0.2, -0.15) is 0 Å². The number of hydrogen-bond acceptors (Lipinski definition) is 1. The Morgan fingerprint density at radius 1 is 1.54 bits per heavy atom. The zero-order valence-corrected chi connectivity index (χ0v) is 7.85. The lowest BCUT2D eigenvalue weighted by molar-refractivity contribution is 0.178. The van der Waals surface area contributed by atoms with Gasteiger partial charge in [0, 0.05) is 10.6 Å². The van der Waals surface area contributed by atoms with Crippen LogP contribution in [-0.2, 0) is 11.7 Å². The molecule has 0 amide bonds.